The third-order valence-electron chi connectivity index (χ3n) is 7.82. The molecule has 2 saturated carbocycles. The van der Waals surface area contributed by atoms with Gasteiger partial charge in [0.15, 0.2) is 0 Å². The minimum Gasteiger partial charge on any atom is -0.390 e. The van der Waals surface area contributed by atoms with Crippen molar-refractivity contribution in [1.29, 1.82) is 0 Å². The number of rotatable bonds is 6. The van der Waals surface area contributed by atoms with Crippen molar-refractivity contribution in [3.63, 3.8) is 0 Å². The molecule has 3 nitrogen and oxygen atoms in total. The van der Waals surface area contributed by atoms with Crippen molar-refractivity contribution in [2.75, 3.05) is 0 Å². The highest BCUT2D eigenvalue weighted by Gasteiger charge is 2.70. The van der Waals surface area contributed by atoms with Gasteiger partial charge in [0.1, 0.15) is 5.78 Å². The molecule has 0 aromatic carbocycles. The summed E-state index contributed by atoms with van der Waals surface area (Å²) in [6.45, 7) is 7.05. The fraction of sp³-hybridized carbons (Fsp3) is 0.875. The molecule has 33 heavy (non-hydrogen) atoms. The highest BCUT2D eigenvalue weighted by atomic mass is 19.4. The van der Waals surface area contributed by atoms with Crippen molar-refractivity contribution in [3.8, 4) is 11.8 Å². The maximum Gasteiger partial charge on any atom is 0.438 e. The van der Waals surface area contributed by atoms with Crippen LogP contribution in [0.1, 0.15) is 85.5 Å². The molecule has 2 fully saturated rings. The van der Waals surface area contributed by atoms with Gasteiger partial charge in [0.25, 0.3) is 0 Å². The minimum atomic E-state index is -5.99. The third kappa shape index (κ3) is 5.70. The molecule has 1 unspecified atom stereocenters. The summed E-state index contributed by atoms with van der Waals surface area (Å²) >= 11 is 0. The van der Waals surface area contributed by atoms with E-state index in [0.29, 0.717) is 44.9 Å². The van der Waals surface area contributed by atoms with E-state index < -0.39 is 34.4 Å². The van der Waals surface area contributed by atoms with Crippen molar-refractivity contribution in [3.05, 3.63) is 0 Å². The van der Waals surface area contributed by atoms with Gasteiger partial charge in [-0.25, -0.2) is 0 Å². The fourth-order valence-corrected chi connectivity index (χ4v) is 6.06. The number of ketones is 1. The third-order valence-corrected chi connectivity index (χ3v) is 7.82. The summed E-state index contributed by atoms with van der Waals surface area (Å²) in [4.78, 5) is 12.5. The normalized spacial score (nSPS) is 28.7. The molecule has 2 N–H and O–H groups in total. The molecular formula is C24H34F6O3. The van der Waals surface area contributed by atoms with E-state index >= 15 is 0 Å². The van der Waals surface area contributed by atoms with Gasteiger partial charge in [-0.1, -0.05) is 26.2 Å². The topological polar surface area (TPSA) is 57.5 Å². The van der Waals surface area contributed by atoms with Crippen molar-refractivity contribution < 1.29 is 41.4 Å². The van der Waals surface area contributed by atoms with E-state index in [2.05, 4.69) is 0 Å². The predicted octanol–water partition coefficient (Wildman–Crippen LogP) is 5.97. The summed E-state index contributed by atoms with van der Waals surface area (Å²) in [5.74, 6) is 3.01. The Bertz CT molecular complexity index is 771. The van der Waals surface area contributed by atoms with E-state index in [9.17, 15) is 41.4 Å². The number of alkyl halides is 6. The minimum absolute atomic E-state index is 0.125. The lowest BCUT2D eigenvalue weighted by atomic mass is 9.56. The lowest BCUT2D eigenvalue weighted by Gasteiger charge is -2.48. The number of halogens is 6. The van der Waals surface area contributed by atoms with E-state index in [1.807, 2.05) is 12.8 Å². The first-order chi connectivity index (χ1) is 14.8. The summed E-state index contributed by atoms with van der Waals surface area (Å²) in [5.41, 5.74) is -7.25. The standard InChI is InChI=1S/C24H34F6O3/c1-19(2,32)11-6-12-20(3,13-7-15-22(33,23(25,26)27)24(28,29)30)18-10-9-16-17(31)8-5-14-21(16,18)4/h16,18,32-33H,5-6,8-14H2,1-4H3/t16?,18-,20-,21+/m1/s1. The molecule has 9 heteroatoms. The van der Waals surface area contributed by atoms with Crippen LogP contribution in [0.2, 0.25) is 0 Å². The first-order valence-electron chi connectivity index (χ1n) is 11.4. The molecular weight excluding hydrogens is 450 g/mol. The fourth-order valence-electron chi connectivity index (χ4n) is 6.06. The Hall–Kier alpha value is -1.27. The van der Waals surface area contributed by atoms with E-state index in [-0.39, 0.29) is 24.0 Å². The average molecular weight is 485 g/mol. The smallest absolute Gasteiger partial charge is 0.390 e. The van der Waals surface area contributed by atoms with Crippen LogP contribution < -0.4 is 0 Å². The van der Waals surface area contributed by atoms with Crippen LogP contribution in [-0.4, -0.2) is 39.6 Å². The molecule has 0 saturated heterocycles. The molecule has 4 atom stereocenters. The van der Waals surface area contributed by atoms with Gasteiger partial charge in [-0.3, -0.25) is 4.79 Å². The van der Waals surface area contributed by atoms with E-state index in [1.54, 1.807) is 20.8 Å². The lowest BCUT2D eigenvalue weighted by Crippen LogP contribution is -2.55. The van der Waals surface area contributed by atoms with E-state index in [4.69, 9.17) is 0 Å². The van der Waals surface area contributed by atoms with Crippen LogP contribution in [0.4, 0.5) is 26.3 Å². The van der Waals surface area contributed by atoms with Crippen molar-refractivity contribution in [2.24, 2.45) is 22.7 Å². The van der Waals surface area contributed by atoms with Crippen LogP contribution in [0.5, 0.6) is 0 Å². The summed E-state index contributed by atoms with van der Waals surface area (Å²) in [6, 6.07) is 0. The number of Topliss-reactive ketones (excluding diaryl/α,β-unsaturated/α-hetero) is 1. The van der Waals surface area contributed by atoms with Crippen molar-refractivity contribution in [1.82, 2.24) is 0 Å². The quantitative estimate of drug-likeness (QED) is 0.361. The Morgan fingerprint density at radius 2 is 1.58 bits per heavy atom. The van der Waals surface area contributed by atoms with Gasteiger partial charge in [0.2, 0.25) is 0 Å². The number of hydrogen-bond donors (Lipinski definition) is 2. The number of aliphatic hydroxyl groups is 2. The van der Waals surface area contributed by atoms with Crippen molar-refractivity contribution in [2.45, 2.75) is 109 Å². The molecule has 2 aliphatic rings. The van der Waals surface area contributed by atoms with Gasteiger partial charge in [-0.05, 0) is 75.0 Å². The van der Waals surface area contributed by atoms with Gasteiger partial charge in [0, 0.05) is 18.8 Å². The monoisotopic (exact) mass is 484 g/mol. The second-order valence-electron chi connectivity index (χ2n) is 11.0. The second kappa shape index (κ2) is 9.07. The highest BCUT2D eigenvalue weighted by Crippen LogP contribution is 2.61. The summed E-state index contributed by atoms with van der Waals surface area (Å²) in [7, 11) is 0. The molecule has 0 aromatic rings. The number of carbonyl (C=O) groups excluding carboxylic acids is 1. The first kappa shape index (κ1) is 28.0. The molecule has 0 aromatic heterocycles. The number of carbonyl (C=O) groups is 1. The number of fused-ring (bicyclic) bond motifs is 1. The Balaban J connectivity index is 2.39. The van der Waals surface area contributed by atoms with Gasteiger partial charge in [0.05, 0.1) is 5.60 Å². The molecule has 2 aliphatic carbocycles. The zero-order valence-electron chi connectivity index (χ0n) is 19.6. The first-order valence-corrected chi connectivity index (χ1v) is 11.4. The summed E-state index contributed by atoms with van der Waals surface area (Å²) in [6.07, 6.45) is -7.71. The Morgan fingerprint density at radius 3 is 2.09 bits per heavy atom. The van der Waals surface area contributed by atoms with Crippen LogP contribution in [0, 0.1) is 34.5 Å². The molecule has 0 heterocycles. The van der Waals surface area contributed by atoms with Gasteiger partial charge < -0.3 is 10.2 Å². The maximum absolute atomic E-state index is 13.0. The largest absolute Gasteiger partial charge is 0.438 e. The van der Waals surface area contributed by atoms with Crippen LogP contribution in [0.25, 0.3) is 0 Å². The summed E-state index contributed by atoms with van der Waals surface area (Å²) < 4.78 is 78.3. The predicted molar refractivity (Wildman–Crippen MR) is 111 cm³/mol. The molecule has 2 rings (SSSR count). The van der Waals surface area contributed by atoms with E-state index in [0.717, 1.165) is 12.3 Å². The van der Waals surface area contributed by atoms with Crippen molar-refractivity contribution >= 4 is 5.78 Å². The lowest BCUT2D eigenvalue weighted by molar-refractivity contribution is -0.343. The molecule has 0 bridgehead atoms. The summed E-state index contributed by atoms with van der Waals surface area (Å²) in [5, 5.41) is 19.5. The molecule has 0 aliphatic heterocycles. The average Bonchev–Trinajstić information content (AvgIpc) is 2.97. The number of hydrogen-bond acceptors (Lipinski definition) is 3. The van der Waals surface area contributed by atoms with Crippen LogP contribution in [-0.2, 0) is 4.79 Å². The van der Waals surface area contributed by atoms with Crippen LogP contribution in [0.15, 0.2) is 0 Å². The second-order valence-corrected chi connectivity index (χ2v) is 11.0. The zero-order valence-corrected chi connectivity index (χ0v) is 19.6. The SMILES string of the molecule is CC(C)(O)CCC[C@](C)(CC#CC(O)(C(F)(F)F)C(F)(F)F)[C@H]1CCC2C(=O)CCC[C@@]21C. The van der Waals surface area contributed by atoms with Crippen LogP contribution in [0.3, 0.4) is 0 Å². The van der Waals surface area contributed by atoms with E-state index in [1.165, 1.54) is 0 Å². The van der Waals surface area contributed by atoms with Gasteiger partial charge >= 0.3 is 18.0 Å². The Kier molecular flexibility index (Phi) is 7.69. The molecule has 0 amide bonds. The maximum atomic E-state index is 13.0. The Morgan fingerprint density at radius 1 is 1.00 bits per heavy atom. The van der Waals surface area contributed by atoms with Gasteiger partial charge in [-0.15, -0.1) is 0 Å². The molecule has 0 radical (unpaired) electrons. The highest BCUT2D eigenvalue weighted by molar-refractivity contribution is 5.83. The molecule has 0 spiro atoms. The zero-order chi connectivity index (χ0) is 25.5. The Labute approximate surface area is 191 Å². The van der Waals surface area contributed by atoms with Crippen LogP contribution >= 0.6 is 0 Å². The van der Waals surface area contributed by atoms with Gasteiger partial charge in [-0.2, -0.15) is 26.3 Å². The molecule has 190 valence electrons.